The maximum absolute atomic E-state index is 13.7. The van der Waals surface area contributed by atoms with E-state index < -0.39 is 5.92 Å². The summed E-state index contributed by atoms with van der Waals surface area (Å²) in [5, 5.41) is 5.38. The topological polar surface area (TPSA) is 87.2 Å². The average Bonchev–Trinajstić information content (AvgIpc) is 3.33. The van der Waals surface area contributed by atoms with Crippen molar-refractivity contribution in [2.75, 3.05) is 11.9 Å². The number of fused-ring (bicyclic) bond motifs is 1. The van der Waals surface area contributed by atoms with Crippen molar-refractivity contribution in [2.45, 2.75) is 39.7 Å². The quantitative estimate of drug-likeness (QED) is 0.442. The number of H-pyrrole nitrogens is 1. The van der Waals surface area contributed by atoms with Crippen LogP contribution in [-0.4, -0.2) is 32.8 Å². The van der Waals surface area contributed by atoms with Crippen molar-refractivity contribution in [3.63, 3.8) is 0 Å². The molecule has 36 heavy (non-hydrogen) atoms. The van der Waals surface area contributed by atoms with E-state index in [1.54, 1.807) is 0 Å². The first-order valence-corrected chi connectivity index (χ1v) is 12.4. The maximum atomic E-state index is 13.7. The number of carbonyl (C=O) groups excluding carboxylic acids is 2. The Balaban J connectivity index is 1.65. The third-order valence-corrected chi connectivity index (χ3v) is 7.36. The molecule has 0 bridgehead atoms. The third kappa shape index (κ3) is 3.38. The van der Waals surface area contributed by atoms with Crippen molar-refractivity contribution in [3.8, 4) is 0 Å². The number of nitrogens with one attached hydrogen (secondary N) is 2. The van der Waals surface area contributed by atoms with Crippen LogP contribution < -0.4 is 10.9 Å². The summed E-state index contributed by atoms with van der Waals surface area (Å²) in [6, 6.07) is 15.6. The highest BCUT2D eigenvalue weighted by Gasteiger charge is 2.42. The number of amides is 2. The number of rotatable bonds is 4. The molecule has 4 heterocycles. The van der Waals surface area contributed by atoms with Crippen LogP contribution in [0.15, 0.2) is 70.8 Å². The highest BCUT2D eigenvalue weighted by atomic mass is 16.2. The van der Waals surface area contributed by atoms with Crippen molar-refractivity contribution in [1.82, 2.24) is 14.5 Å². The van der Waals surface area contributed by atoms with Crippen molar-refractivity contribution in [2.24, 2.45) is 5.92 Å². The summed E-state index contributed by atoms with van der Waals surface area (Å²) in [5.74, 6) is -0.731. The smallest absolute Gasteiger partial charge is 0.259 e. The van der Waals surface area contributed by atoms with Crippen molar-refractivity contribution in [1.29, 1.82) is 0 Å². The Morgan fingerprint density at radius 3 is 2.67 bits per heavy atom. The number of aromatic nitrogens is 2. The Bertz CT molecular complexity index is 1660. The number of hydrogen-bond donors (Lipinski definition) is 2. The number of imide groups is 1. The van der Waals surface area contributed by atoms with E-state index in [2.05, 4.69) is 41.0 Å². The van der Waals surface area contributed by atoms with Crippen LogP contribution >= 0.6 is 0 Å². The van der Waals surface area contributed by atoms with E-state index in [1.165, 1.54) is 11.8 Å². The zero-order valence-electron chi connectivity index (χ0n) is 20.6. The first kappa shape index (κ1) is 22.3. The van der Waals surface area contributed by atoms with Crippen molar-refractivity contribution in [3.05, 3.63) is 87.5 Å². The van der Waals surface area contributed by atoms with E-state index in [1.807, 2.05) is 42.5 Å². The lowest BCUT2D eigenvalue weighted by Crippen LogP contribution is -2.33. The third-order valence-electron chi connectivity index (χ3n) is 7.36. The van der Waals surface area contributed by atoms with E-state index in [0.29, 0.717) is 22.8 Å². The van der Waals surface area contributed by atoms with Crippen molar-refractivity contribution < 1.29 is 9.59 Å². The summed E-state index contributed by atoms with van der Waals surface area (Å²) >= 11 is 0. The van der Waals surface area contributed by atoms with Gasteiger partial charge in [-0.3, -0.25) is 19.3 Å². The molecule has 7 nitrogen and oxygen atoms in total. The van der Waals surface area contributed by atoms with E-state index in [9.17, 15) is 14.4 Å². The van der Waals surface area contributed by atoms with Crippen LogP contribution in [0.25, 0.3) is 21.8 Å². The van der Waals surface area contributed by atoms with Gasteiger partial charge in [-0.25, -0.2) is 0 Å². The first-order chi connectivity index (χ1) is 17.3. The summed E-state index contributed by atoms with van der Waals surface area (Å²) in [4.78, 5) is 43.8. The van der Waals surface area contributed by atoms with E-state index in [0.717, 1.165) is 46.0 Å². The fourth-order valence-corrected chi connectivity index (χ4v) is 5.56. The van der Waals surface area contributed by atoms with Gasteiger partial charge in [0.25, 0.3) is 11.5 Å². The van der Waals surface area contributed by atoms with Gasteiger partial charge in [-0.2, -0.15) is 0 Å². The van der Waals surface area contributed by atoms with E-state index in [4.69, 9.17) is 0 Å². The van der Waals surface area contributed by atoms with Gasteiger partial charge in [0.15, 0.2) is 0 Å². The van der Waals surface area contributed by atoms with Crippen LogP contribution in [0, 0.1) is 5.92 Å². The number of benzene rings is 2. The minimum absolute atomic E-state index is 0.166. The molecule has 0 spiro atoms. The minimum Gasteiger partial charge on any atom is -0.356 e. The molecule has 0 aliphatic carbocycles. The minimum atomic E-state index is -0.607. The number of carbonyl (C=O) groups is 2. The molecule has 4 aromatic rings. The number of aromatic amines is 1. The Morgan fingerprint density at radius 2 is 1.89 bits per heavy atom. The molecule has 6 rings (SSSR count). The summed E-state index contributed by atoms with van der Waals surface area (Å²) < 4.78 is 2.23. The van der Waals surface area contributed by atoms with Gasteiger partial charge in [-0.1, -0.05) is 38.1 Å². The lowest BCUT2D eigenvalue weighted by atomic mass is 9.84. The Kier molecular flexibility index (Phi) is 5.10. The molecule has 2 aromatic heterocycles. The predicted octanol–water partition coefficient (Wildman–Crippen LogP) is 4.73. The normalized spacial score (nSPS) is 17.2. The van der Waals surface area contributed by atoms with Crippen LogP contribution in [-0.2, 0) is 16.1 Å². The molecular formula is C29H28N4O3. The molecule has 2 aliphatic rings. The predicted molar refractivity (Wildman–Crippen MR) is 141 cm³/mol. The molecule has 0 fully saturated rings. The summed E-state index contributed by atoms with van der Waals surface area (Å²) in [5.41, 5.74) is 5.00. The summed E-state index contributed by atoms with van der Waals surface area (Å²) in [6.07, 6.45) is 3.10. The molecule has 2 amide bonds. The molecule has 2 aliphatic heterocycles. The van der Waals surface area contributed by atoms with Crippen molar-refractivity contribution >= 4 is 39.3 Å². The van der Waals surface area contributed by atoms with Crippen LogP contribution in [0.4, 0.5) is 5.69 Å². The second-order valence-corrected chi connectivity index (χ2v) is 10.2. The number of pyridine rings is 1. The highest BCUT2D eigenvalue weighted by Crippen LogP contribution is 2.46. The number of anilines is 1. The number of aryl methyl sites for hydroxylation is 1. The van der Waals surface area contributed by atoms with Gasteiger partial charge in [-0.05, 0) is 47.6 Å². The lowest BCUT2D eigenvalue weighted by molar-refractivity contribution is -0.139. The van der Waals surface area contributed by atoms with E-state index >= 15 is 0 Å². The summed E-state index contributed by atoms with van der Waals surface area (Å²) in [7, 11) is 0. The van der Waals surface area contributed by atoms with Crippen LogP contribution in [0.5, 0.6) is 0 Å². The molecule has 0 unspecified atom stereocenters. The SMILES string of the molecule is CC(=O)N1CC2=C(C1=O)[C@H](c1cc3ccccc3[nH]c1=O)c1cn(CCC(C)C)c3cccc(c13)N2. The standard InChI is InChI=1S/C29H28N4O3/c1-16(2)11-12-32-14-20-25(19-13-18-7-4-5-8-21(18)31-28(19)35)27-23(15-33(17(3)34)29(27)36)30-22-9-6-10-24(32)26(20)22/h4-10,13-14,16,25,30H,11-12,15H2,1-3H3,(H,31,35)/t25-/m1/s1. The van der Waals surface area contributed by atoms with Gasteiger partial charge < -0.3 is 14.9 Å². The Hall–Kier alpha value is -4.13. The van der Waals surface area contributed by atoms with Gasteiger partial charge in [0.1, 0.15) is 0 Å². The molecule has 1 atom stereocenters. The average molecular weight is 481 g/mol. The number of nitrogens with zero attached hydrogens (tertiary/aromatic N) is 2. The molecule has 0 saturated carbocycles. The van der Waals surface area contributed by atoms with E-state index in [-0.39, 0.29) is 23.9 Å². The fourth-order valence-electron chi connectivity index (χ4n) is 5.56. The molecule has 182 valence electrons. The molecule has 0 radical (unpaired) electrons. The van der Waals surface area contributed by atoms with Gasteiger partial charge in [0, 0.05) is 53.4 Å². The Morgan fingerprint density at radius 1 is 1.08 bits per heavy atom. The van der Waals surface area contributed by atoms with Gasteiger partial charge in [0.2, 0.25) is 5.91 Å². The fraction of sp³-hybridized carbons (Fsp3) is 0.276. The zero-order chi connectivity index (χ0) is 25.1. The van der Waals surface area contributed by atoms with Crippen LogP contribution in [0.1, 0.15) is 44.2 Å². The molecule has 2 N–H and O–H groups in total. The van der Waals surface area contributed by atoms with Crippen LogP contribution in [0.3, 0.4) is 0 Å². The zero-order valence-corrected chi connectivity index (χ0v) is 20.6. The largest absolute Gasteiger partial charge is 0.356 e. The highest BCUT2D eigenvalue weighted by molar-refractivity contribution is 6.11. The molecule has 7 heteroatoms. The molecule has 2 aromatic carbocycles. The summed E-state index contributed by atoms with van der Waals surface area (Å²) in [6.45, 7) is 6.80. The second-order valence-electron chi connectivity index (χ2n) is 10.2. The van der Waals surface area contributed by atoms with Gasteiger partial charge >= 0.3 is 0 Å². The molecule has 0 saturated heterocycles. The van der Waals surface area contributed by atoms with Gasteiger partial charge in [0.05, 0.1) is 17.6 Å². The molecular weight excluding hydrogens is 452 g/mol. The lowest BCUT2D eigenvalue weighted by Gasteiger charge is -2.19. The van der Waals surface area contributed by atoms with Crippen LogP contribution in [0.2, 0.25) is 0 Å². The maximum Gasteiger partial charge on any atom is 0.259 e. The number of hydrogen-bond acceptors (Lipinski definition) is 4. The second kappa shape index (κ2) is 8.22. The first-order valence-electron chi connectivity index (χ1n) is 12.4. The monoisotopic (exact) mass is 480 g/mol. The number of para-hydroxylation sites is 1. The van der Waals surface area contributed by atoms with Gasteiger partial charge in [-0.15, -0.1) is 0 Å². The Labute approximate surface area is 208 Å².